The number of amides is 1. The molecule has 0 radical (unpaired) electrons. The molecule has 1 aliphatic heterocycles. The third-order valence-electron chi connectivity index (χ3n) is 3.77. The number of hydrogen-bond acceptors (Lipinski definition) is 2. The van der Waals surface area contributed by atoms with Crippen LogP contribution >= 0.6 is 0 Å². The lowest BCUT2D eigenvalue weighted by Gasteiger charge is -2.23. The number of carbonyl (C=O) groups excluding carboxylic acids is 1. The fourth-order valence-electron chi connectivity index (χ4n) is 2.53. The molecule has 1 aliphatic rings. The minimum Gasteiger partial charge on any atom is -0.343 e. The van der Waals surface area contributed by atoms with Crippen LogP contribution in [-0.2, 0) is 4.79 Å². The summed E-state index contributed by atoms with van der Waals surface area (Å²) in [5.41, 5.74) is 0.104. The summed E-state index contributed by atoms with van der Waals surface area (Å²) in [6.45, 7) is 11.4. The normalized spacial score (nSPS) is 21.8. The monoisotopic (exact) mass is 254 g/mol. The Labute approximate surface area is 112 Å². The highest BCUT2D eigenvalue weighted by molar-refractivity contribution is 5.76. The molecule has 3 nitrogen and oxygen atoms in total. The number of nitrogens with one attached hydrogen (secondary N) is 1. The molecular weight excluding hydrogens is 224 g/mol. The molecule has 3 heteroatoms. The van der Waals surface area contributed by atoms with Crippen LogP contribution in [0.2, 0.25) is 0 Å². The highest BCUT2D eigenvalue weighted by Gasteiger charge is 2.19. The molecule has 0 aromatic heterocycles. The molecule has 0 aliphatic carbocycles. The van der Waals surface area contributed by atoms with Gasteiger partial charge in [-0.3, -0.25) is 4.79 Å². The van der Waals surface area contributed by atoms with Gasteiger partial charge < -0.3 is 10.2 Å². The van der Waals surface area contributed by atoms with Crippen molar-refractivity contribution >= 4 is 5.91 Å². The van der Waals surface area contributed by atoms with Crippen molar-refractivity contribution in [2.75, 3.05) is 19.6 Å². The Bertz CT molecular complexity index is 258. The van der Waals surface area contributed by atoms with Gasteiger partial charge in [-0.15, -0.1) is 0 Å². The SMILES string of the molecule is CCC1CCCN(C(=O)CCNC(C)(C)C)CC1. The molecule has 1 N–H and O–H groups in total. The summed E-state index contributed by atoms with van der Waals surface area (Å²) in [5.74, 6) is 1.15. The van der Waals surface area contributed by atoms with Gasteiger partial charge in [0.15, 0.2) is 0 Å². The van der Waals surface area contributed by atoms with E-state index in [9.17, 15) is 4.79 Å². The van der Waals surface area contributed by atoms with E-state index in [-0.39, 0.29) is 5.54 Å². The predicted octanol–water partition coefficient (Wildman–Crippen LogP) is 2.80. The molecule has 0 saturated carbocycles. The highest BCUT2D eigenvalue weighted by Crippen LogP contribution is 2.20. The number of likely N-dealkylation sites (tertiary alicyclic amines) is 1. The maximum atomic E-state index is 12.1. The Morgan fingerprint density at radius 2 is 2.00 bits per heavy atom. The second-order valence-electron chi connectivity index (χ2n) is 6.51. The summed E-state index contributed by atoms with van der Waals surface area (Å²) in [5, 5.41) is 3.38. The first kappa shape index (κ1) is 15.5. The van der Waals surface area contributed by atoms with Gasteiger partial charge in [-0.25, -0.2) is 0 Å². The smallest absolute Gasteiger partial charge is 0.223 e. The Morgan fingerprint density at radius 3 is 2.61 bits per heavy atom. The minimum atomic E-state index is 0.104. The van der Waals surface area contributed by atoms with Crippen LogP contribution in [-0.4, -0.2) is 36.0 Å². The summed E-state index contributed by atoms with van der Waals surface area (Å²) >= 11 is 0. The van der Waals surface area contributed by atoms with Gasteiger partial charge in [0.2, 0.25) is 5.91 Å². The van der Waals surface area contributed by atoms with Crippen molar-refractivity contribution in [3.8, 4) is 0 Å². The topological polar surface area (TPSA) is 32.3 Å². The van der Waals surface area contributed by atoms with Crippen molar-refractivity contribution in [2.45, 2.75) is 65.3 Å². The molecule has 0 aromatic rings. The third kappa shape index (κ3) is 5.85. The summed E-state index contributed by atoms with van der Waals surface area (Å²) in [4.78, 5) is 14.2. The van der Waals surface area contributed by atoms with Gasteiger partial charge in [-0.05, 0) is 46.0 Å². The van der Waals surface area contributed by atoms with Gasteiger partial charge >= 0.3 is 0 Å². The molecule has 1 atom stereocenters. The van der Waals surface area contributed by atoms with Gasteiger partial charge in [0.05, 0.1) is 0 Å². The molecule has 0 bridgehead atoms. The maximum Gasteiger partial charge on any atom is 0.223 e. The third-order valence-corrected chi connectivity index (χ3v) is 3.77. The van der Waals surface area contributed by atoms with Gasteiger partial charge in [0.25, 0.3) is 0 Å². The Hall–Kier alpha value is -0.570. The lowest BCUT2D eigenvalue weighted by molar-refractivity contribution is -0.131. The van der Waals surface area contributed by atoms with E-state index in [0.29, 0.717) is 12.3 Å². The summed E-state index contributed by atoms with van der Waals surface area (Å²) in [7, 11) is 0. The lowest BCUT2D eigenvalue weighted by atomic mass is 9.98. The van der Waals surface area contributed by atoms with Crippen molar-refractivity contribution in [2.24, 2.45) is 5.92 Å². The molecule has 106 valence electrons. The Morgan fingerprint density at radius 1 is 1.28 bits per heavy atom. The predicted molar refractivity (Wildman–Crippen MR) is 76.6 cm³/mol. The maximum absolute atomic E-state index is 12.1. The highest BCUT2D eigenvalue weighted by atomic mass is 16.2. The zero-order chi connectivity index (χ0) is 13.6. The molecule has 1 saturated heterocycles. The summed E-state index contributed by atoms with van der Waals surface area (Å²) in [6, 6.07) is 0. The van der Waals surface area contributed by atoms with Crippen LogP contribution in [0.1, 0.15) is 59.8 Å². The standard InChI is InChI=1S/C15H30N2O/c1-5-13-7-6-11-17(12-9-13)14(18)8-10-16-15(2,3)4/h13,16H,5-12H2,1-4H3. The number of carbonyl (C=O) groups is 1. The van der Waals surface area contributed by atoms with Crippen molar-refractivity contribution in [3.05, 3.63) is 0 Å². The van der Waals surface area contributed by atoms with Crippen LogP contribution in [0.3, 0.4) is 0 Å². The quantitative estimate of drug-likeness (QED) is 0.836. The van der Waals surface area contributed by atoms with Gasteiger partial charge in [-0.1, -0.05) is 13.3 Å². The number of nitrogens with zero attached hydrogens (tertiary/aromatic N) is 1. The van der Waals surface area contributed by atoms with E-state index in [1.165, 1.54) is 25.7 Å². The molecule has 1 unspecified atom stereocenters. The van der Waals surface area contributed by atoms with E-state index < -0.39 is 0 Å². The van der Waals surface area contributed by atoms with E-state index in [4.69, 9.17) is 0 Å². The first-order chi connectivity index (χ1) is 8.42. The molecule has 0 spiro atoms. The molecule has 1 fully saturated rings. The second-order valence-corrected chi connectivity index (χ2v) is 6.51. The largest absolute Gasteiger partial charge is 0.343 e. The van der Waals surface area contributed by atoms with Crippen LogP contribution in [0.15, 0.2) is 0 Å². The fourth-order valence-corrected chi connectivity index (χ4v) is 2.53. The van der Waals surface area contributed by atoms with Crippen molar-refractivity contribution in [1.82, 2.24) is 10.2 Å². The van der Waals surface area contributed by atoms with E-state index in [2.05, 4.69) is 37.9 Å². The Kier molecular flexibility index (Phi) is 6.13. The van der Waals surface area contributed by atoms with E-state index in [1.54, 1.807) is 0 Å². The second kappa shape index (κ2) is 7.13. The van der Waals surface area contributed by atoms with E-state index in [1.807, 2.05) is 0 Å². The summed E-state index contributed by atoms with van der Waals surface area (Å²) < 4.78 is 0. The van der Waals surface area contributed by atoms with Gasteiger partial charge in [0.1, 0.15) is 0 Å². The first-order valence-electron chi connectivity index (χ1n) is 7.45. The average molecular weight is 254 g/mol. The molecule has 1 amide bonds. The van der Waals surface area contributed by atoms with Crippen molar-refractivity contribution in [3.63, 3.8) is 0 Å². The van der Waals surface area contributed by atoms with Crippen LogP contribution in [0.4, 0.5) is 0 Å². The molecule has 18 heavy (non-hydrogen) atoms. The zero-order valence-corrected chi connectivity index (χ0v) is 12.6. The lowest BCUT2D eigenvalue weighted by Crippen LogP contribution is -2.40. The molecule has 1 heterocycles. The summed E-state index contributed by atoms with van der Waals surface area (Å²) in [6.07, 6.45) is 5.55. The minimum absolute atomic E-state index is 0.104. The van der Waals surface area contributed by atoms with Crippen molar-refractivity contribution < 1.29 is 4.79 Å². The molecule has 0 aromatic carbocycles. The zero-order valence-electron chi connectivity index (χ0n) is 12.6. The van der Waals surface area contributed by atoms with E-state index >= 15 is 0 Å². The number of hydrogen-bond donors (Lipinski definition) is 1. The average Bonchev–Trinajstić information content (AvgIpc) is 2.52. The van der Waals surface area contributed by atoms with Crippen LogP contribution in [0, 0.1) is 5.92 Å². The fraction of sp³-hybridized carbons (Fsp3) is 0.933. The van der Waals surface area contributed by atoms with Gasteiger partial charge in [0, 0.05) is 31.6 Å². The van der Waals surface area contributed by atoms with Crippen LogP contribution in [0.5, 0.6) is 0 Å². The Balaban J connectivity index is 2.29. The van der Waals surface area contributed by atoms with Gasteiger partial charge in [-0.2, -0.15) is 0 Å². The number of rotatable bonds is 4. The molecular formula is C15H30N2O. The molecule has 1 rings (SSSR count). The van der Waals surface area contributed by atoms with Crippen molar-refractivity contribution in [1.29, 1.82) is 0 Å². The van der Waals surface area contributed by atoms with Crippen LogP contribution < -0.4 is 5.32 Å². The van der Waals surface area contributed by atoms with E-state index in [0.717, 1.165) is 25.6 Å². The first-order valence-corrected chi connectivity index (χ1v) is 7.45. The van der Waals surface area contributed by atoms with Crippen LogP contribution in [0.25, 0.3) is 0 Å².